The lowest BCUT2D eigenvalue weighted by molar-refractivity contribution is -0.659. The molecule has 0 aliphatic rings. The van der Waals surface area contributed by atoms with Crippen LogP contribution in [0, 0.1) is 20.8 Å². The topological polar surface area (TPSA) is 3.88 Å². The SMILES string of the molecule is Cc1ccc(-c2c3c(sc4cc5ccccc5cc43)c(C)c[n+]2C)c(C)c1. The second-order valence-electron chi connectivity index (χ2n) is 7.59. The number of aromatic nitrogens is 1. The lowest BCUT2D eigenvalue weighted by Gasteiger charge is -2.09. The van der Waals surface area contributed by atoms with Gasteiger partial charge in [0.15, 0.2) is 6.20 Å². The fourth-order valence-electron chi connectivity index (χ4n) is 4.29. The molecule has 0 spiro atoms. The predicted molar refractivity (Wildman–Crippen MR) is 118 cm³/mol. The standard InChI is InChI=1S/C25H22NS/c1-15-9-10-20(16(2)11-15)24-23-21-12-18-7-5-6-8-19(18)13-22(21)27-25(23)17(3)14-26(24)4/h5-14H,1-4H3/q+1. The van der Waals surface area contributed by atoms with Crippen LogP contribution in [0.4, 0.5) is 0 Å². The van der Waals surface area contributed by atoms with Crippen molar-refractivity contribution in [2.75, 3.05) is 0 Å². The van der Waals surface area contributed by atoms with Crippen LogP contribution in [-0.2, 0) is 7.05 Å². The smallest absolute Gasteiger partial charge is 0.200 e. The van der Waals surface area contributed by atoms with Crippen LogP contribution in [-0.4, -0.2) is 0 Å². The summed E-state index contributed by atoms with van der Waals surface area (Å²) in [5.41, 5.74) is 6.61. The molecule has 5 rings (SSSR count). The highest BCUT2D eigenvalue weighted by atomic mass is 32.1. The van der Waals surface area contributed by atoms with Crippen LogP contribution in [0.25, 0.3) is 42.2 Å². The van der Waals surface area contributed by atoms with E-state index in [9.17, 15) is 0 Å². The van der Waals surface area contributed by atoms with Crippen molar-refractivity contribution in [3.63, 3.8) is 0 Å². The summed E-state index contributed by atoms with van der Waals surface area (Å²) in [7, 11) is 2.17. The largest absolute Gasteiger partial charge is 0.221 e. The van der Waals surface area contributed by atoms with Crippen LogP contribution in [0.5, 0.6) is 0 Å². The van der Waals surface area contributed by atoms with Gasteiger partial charge in [-0.3, -0.25) is 0 Å². The van der Waals surface area contributed by atoms with Gasteiger partial charge in [-0.05, 0) is 55.3 Å². The Kier molecular flexibility index (Phi) is 3.60. The molecule has 0 saturated carbocycles. The molecule has 0 atom stereocenters. The molecule has 0 amide bonds. The molecule has 2 heterocycles. The third-order valence-electron chi connectivity index (χ3n) is 5.53. The number of benzene rings is 3. The van der Waals surface area contributed by atoms with Crippen molar-refractivity contribution in [1.82, 2.24) is 0 Å². The molecule has 0 N–H and O–H groups in total. The predicted octanol–water partition coefficient (Wildman–Crippen LogP) is 6.62. The Balaban J connectivity index is 1.99. The molecular formula is C25H22NS+. The van der Waals surface area contributed by atoms with Gasteiger partial charge in [-0.2, -0.15) is 0 Å². The maximum Gasteiger partial charge on any atom is 0.221 e. The van der Waals surface area contributed by atoms with Crippen molar-refractivity contribution in [3.8, 4) is 11.3 Å². The average Bonchev–Trinajstić information content (AvgIpc) is 3.00. The molecule has 1 nitrogen and oxygen atoms in total. The summed E-state index contributed by atoms with van der Waals surface area (Å²) in [4.78, 5) is 0. The Morgan fingerprint density at radius 2 is 1.56 bits per heavy atom. The highest BCUT2D eigenvalue weighted by molar-refractivity contribution is 7.26. The highest BCUT2D eigenvalue weighted by Gasteiger charge is 2.23. The van der Waals surface area contributed by atoms with Gasteiger partial charge < -0.3 is 0 Å². The van der Waals surface area contributed by atoms with Gasteiger partial charge in [0.1, 0.15) is 7.05 Å². The van der Waals surface area contributed by atoms with Crippen LogP contribution in [0.1, 0.15) is 16.7 Å². The first kappa shape index (κ1) is 16.5. The van der Waals surface area contributed by atoms with Gasteiger partial charge in [0.25, 0.3) is 0 Å². The molecule has 2 aromatic heterocycles. The zero-order valence-corrected chi connectivity index (χ0v) is 16.9. The Labute approximate surface area is 163 Å². The summed E-state index contributed by atoms with van der Waals surface area (Å²) in [6.45, 7) is 6.61. The van der Waals surface area contributed by atoms with Gasteiger partial charge >= 0.3 is 0 Å². The summed E-state index contributed by atoms with van der Waals surface area (Å²) in [5, 5.41) is 5.37. The van der Waals surface area contributed by atoms with E-state index in [2.05, 4.69) is 93.2 Å². The molecule has 0 unspecified atom stereocenters. The van der Waals surface area contributed by atoms with Crippen LogP contribution in [0.15, 0.2) is 60.8 Å². The van der Waals surface area contributed by atoms with Crippen LogP contribution in [0.3, 0.4) is 0 Å². The minimum absolute atomic E-state index is 1.31. The normalized spacial score (nSPS) is 11.7. The van der Waals surface area contributed by atoms with Crippen molar-refractivity contribution in [2.24, 2.45) is 7.05 Å². The van der Waals surface area contributed by atoms with E-state index < -0.39 is 0 Å². The molecule has 0 saturated heterocycles. The number of fused-ring (bicyclic) bond motifs is 4. The molecule has 2 heteroatoms. The second kappa shape index (κ2) is 5.90. The van der Waals surface area contributed by atoms with Crippen molar-refractivity contribution in [3.05, 3.63) is 77.5 Å². The van der Waals surface area contributed by atoms with Gasteiger partial charge in [0, 0.05) is 21.2 Å². The maximum absolute atomic E-state index is 2.37. The fraction of sp³-hybridized carbons (Fsp3) is 0.160. The first-order chi connectivity index (χ1) is 13.0. The lowest BCUT2D eigenvalue weighted by atomic mass is 9.97. The van der Waals surface area contributed by atoms with E-state index in [4.69, 9.17) is 0 Å². The molecule has 132 valence electrons. The molecule has 0 aliphatic heterocycles. The van der Waals surface area contributed by atoms with Crippen LogP contribution >= 0.6 is 11.3 Å². The number of rotatable bonds is 1. The Bertz CT molecular complexity index is 1360. The number of nitrogens with zero attached hydrogens (tertiary/aromatic N) is 1. The van der Waals surface area contributed by atoms with Crippen molar-refractivity contribution >= 4 is 42.3 Å². The quantitative estimate of drug-likeness (QED) is 0.293. The first-order valence-electron chi connectivity index (χ1n) is 9.35. The Morgan fingerprint density at radius 3 is 2.30 bits per heavy atom. The third kappa shape index (κ3) is 2.48. The van der Waals surface area contributed by atoms with Gasteiger partial charge in [-0.1, -0.05) is 42.0 Å². The summed E-state index contributed by atoms with van der Waals surface area (Å²) >= 11 is 1.92. The van der Waals surface area contributed by atoms with Gasteiger partial charge in [-0.25, -0.2) is 4.57 Å². The van der Waals surface area contributed by atoms with E-state index in [1.54, 1.807) is 0 Å². The van der Waals surface area contributed by atoms with E-state index >= 15 is 0 Å². The fourth-order valence-corrected chi connectivity index (χ4v) is 5.49. The monoisotopic (exact) mass is 368 g/mol. The molecule has 0 aliphatic carbocycles. The Hall–Kier alpha value is -2.71. The van der Waals surface area contributed by atoms with Gasteiger partial charge in [0.2, 0.25) is 5.69 Å². The van der Waals surface area contributed by atoms with Crippen molar-refractivity contribution in [1.29, 1.82) is 0 Å². The van der Waals surface area contributed by atoms with E-state index in [0.29, 0.717) is 0 Å². The molecule has 0 fully saturated rings. The third-order valence-corrected chi connectivity index (χ3v) is 6.82. The zero-order chi connectivity index (χ0) is 18.7. The molecule has 5 aromatic rings. The molecule has 3 aromatic carbocycles. The number of pyridine rings is 1. The van der Waals surface area contributed by atoms with E-state index in [1.807, 2.05) is 11.3 Å². The molecular weight excluding hydrogens is 346 g/mol. The van der Waals surface area contributed by atoms with Crippen LogP contribution < -0.4 is 4.57 Å². The van der Waals surface area contributed by atoms with E-state index in [0.717, 1.165) is 0 Å². The summed E-state index contributed by atoms with van der Waals surface area (Å²) in [6, 6.07) is 20.2. The van der Waals surface area contributed by atoms with Crippen molar-refractivity contribution < 1.29 is 4.57 Å². The molecule has 0 radical (unpaired) electrons. The summed E-state index contributed by atoms with van der Waals surface area (Å²) in [5.74, 6) is 0. The van der Waals surface area contributed by atoms with Crippen LogP contribution in [0.2, 0.25) is 0 Å². The molecule has 0 bridgehead atoms. The number of hydrogen-bond donors (Lipinski definition) is 0. The summed E-state index contributed by atoms with van der Waals surface area (Å²) in [6.07, 6.45) is 2.27. The second-order valence-corrected chi connectivity index (χ2v) is 8.64. The van der Waals surface area contributed by atoms with Crippen molar-refractivity contribution in [2.45, 2.75) is 20.8 Å². The maximum atomic E-state index is 2.37. The van der Waals surface area contributed by atoms with Gasteiger partial charge in [-0.15, -0.1) is 11.3 Å². The molecule has 27 heavy (non-hydrogen) atoms. The first-order valence-corrected chi connectivity index (χ1v) is 10.2. The summed E-state index contributed by atoms with van der Waals surface area (Å²) < 4.78 is 5.06. The minimum atomic E-state index is 1.31. The highest BCUT2D eigenvalue weighted by Crippen LogP contribution is 2.42. The minimum Gasteiger partial charge on any atom is -0.200 e. The number of hydrogen-bond acceptors (Lipinski definition) is 1. The van der Waals surface area contributed by atoms with E-state index in [-0.39, 0.29) is 0 Å². The number of thiophene rings is 1. The average molecular weight is 369 g/mol. The number of aryl methyl sites for hydroxylation is 4. The zero-order valence-electron chi connectivity index (χ0n) is 16.1. The Morgan fingerprint density at radius 1 is 0.815 bits per heavy atom. The van der Waals surface area contributed by atoms with E-state index in [1.165, 1.54) is 58.9 Å². The lowest BCUT2D eigenvalue weighted by Crippen LogP contribution is -2.31. The van der Waals surface area contributed by atoms with Gasteiger partial charge in [0.05, 0.1) is 10.1 Å².